The maximum atomic E-state index is 10.8. The van der Waals surface area contributed by atoms with Gasteiger partial charge in [0.1, 0.15) is 0 Å². The Hall–Kier alpha value is -0.830. The van der Waals surface area contributed by atoms with Crippen molar-refractivity contribution >= 4 is 5.97 Å². The van der Waals surface area contributed by atoms with Crippen molar-refractivity contribution < 1.29 is 14.3 Å². The fourth-order valence-electron chi connectivity index (χ4n) is 0.847. The quantitative estimate of drug-likeness (QED) is 0.509. The van der Waals surface area contributed by atoms with Crippen LogP contribution < -0.4 is 0 Å². The molecule has 0 bridgehead atoms. The molecule has 0 aromatic rings. The molecule has 0 saturated heterocycles. The maximum Gasteiger partial charge on any atom is 0.336 e. The number of rotatable bonds is 1. The molecule has 0 saturated carbocycles. The minimum atomic E-state index is -0.832. The van der Waals surface area contributed by atoms with Crippen LogP contribution in [0.25, 0.3) is 0 Å². The molecule has 0 fully saturated rings. The van der Waals surface area contributed by atoms with Gasteiger partial charge in [0.05, 0.1) is 0 Å². The first-order chi connectivity index (χ1) is 4.57. The zero-order valence-electron chi connectivity index (χ0n) is 6.30. The second-order valence-corrected chi connectivity index (χ2v) is 2.44. The summed E-state index contributed by atoms with van der Waals surface area (Å²) < 4.78 is 9.78. The van der Waals surface area contributed by atoms with Gasteiger partial charge in [-0.1, -0.05) is 0 Å². The van der Waals surface area contributed by atoms with E-state index in [0.717, 1.165) is 0 Å². The first kappa shape index (κ1) is 7.28. The standard InChI is InChI=1S/C7H10O3/c1-5-4-7(2,9-3)10-6(5)8/h4H,1-3H3/t7-/m1/s1. The normalized spacial score (nSPS) is 31.9. The summed E-state index contributed by atoms with van der Waals surface area (Å²) in [6, 6.07) is 0. The Bertz CT molecular complexity index is 195. The molecule has 1 aliphatic rings. The van der Waals surface area contributed by atoms with E-state index in [1.807, 2.05) is 0 Å². The Morgan fingerprint density at radius 1 is 1.70 bits per heavy atom. The summed E-state index contributed by atoms with van der Waals surface area (Å²) in [4.78, 5) is 10.8. The van der Waals surface area contributed by atoms with Crippen LogP contribution >= 0.6 is 0 Å². The summed E-state index contributed by atoms with van der Waals surface area (Å²) in [5, 5.41) is 0. The highest BCUT2D eigenvalue weighted by Crippen LogP contribution is 2.23. The van der Waals surface area contributed by atoms with E-state index >= 15 is 0 Å². The van der Waals surface area contributed by atoms with Crippen LogP contribution in [0.15, 0.2) is 11.6 Å². The van der Waals surface area contributed by atoms with E-state index < -0.39 is 5.79 Å². The van der Waals surface area contributed by atoms with E-state index in [9.17, 15) is 4.79 Å². The van der Waals surface area contributed by atoms with Gasteiger partial charge in [-0.15, -0.1) is 0 Å². The molecule has 0 aromatic heterocycles. The lowest BCUT2D eigenvalue weighted by molar-refractivity contribution is -0.182. The molecule has 0 unspecified atom stereocenters. The molecule has 1 atom stereocenters. The number of hydrogen-bond donors (Lipinski definition) is 0. The smallest absolute Gasteiger partial charge is 0.336 e. The molecule has 0 aromatic carbocycles. The molecule has 3 heteroatoms. The third-order valence-corrected chi connectivity index (χ3v) is 1.50. The van der Waals surface area contributed by atoms with Crippen LogP contribution in [0.2, 0.25) is 0 Å². The van der Waals surface area contributed by atoms with Crippen LogP contribution in [-0.2, 0) is 14.3 Å². The molecule has 0 spiro atoms. The maximum absolute atomic E-state index is 10.8. The largest absolute Gasteiger partial charge is 0.426 e. The van der Waals surface area contributed by atoms with Crippen LogP contribution in [0, 0.1) is 0 Å². The number of esters is 1. The number of carbonyl (C=O) groups is 1. The van der Waals surface area contributed by atoms with Crippen molar-refractivity contribution in [3.63, 3.8) is 0 Å². The van der Waals surface area contributed by atoms with Gasteiger partial charge in [-0.05, 0) is 13.0 Å². The van der Waals surface area contributed by atoms with Gasteiger partial charge in [0.25, 0.3) is 0 Å². The van der Waals surface area contributed by atoms with Crippen molar-refractivity contribution in [2.45, 2.75) is 19.6 Å². The molecule has 0 amide bonds. The molecule has 0 radical (unpaired) electrons. The van der Waals surface area contributed by atoms with Crippen LogP contribution in [0.3, 0.4) is 0 Å². The molecule has 1 heterocycles. The van der Waals surface area contributed by atoms with E-state index in [-0.39, 0.29) is 5.97 Å². The fourth-order valence-corrected chi connectivity index (χ4v) is 0.847. The second-order valence-electron chi connectivity index (χ2n) is 2.44. The fraction of sp³-hybridized carbons (Fsp3) is 0.571. The minimum Gasteiger partial charge on any atom is -0.426 e. The van der Waals surface area contributed by atoms with Crippen molar-refractivity contribution in [3.05, 3.63) is 11.6 Å². The molecule has 3 nitrogen and oxygen atoms in total. The molecule has 0 aliphatic carbocycles. The molecule has 0 N–H and O–H groups in total. The number of methoxy groups -OCH3 is 1. The van der Waals surface area contributed by atoms with E-state index in [1.165, 1.54) is 7.11 Å². The highest BCUT2D eigenvalue weighted by atomic mass is 16.7. The summed E-state index contributed by atoms with van der Waals surface area (Å²) in [7, 11) is 1.50. The number of hydrogen-bond acceptors (Lipinski definition) is 3. The van der Waals surface area contributed by atoms with Gasteiger partial charge in [0.2, 0.25) is 5.79 Å². The van der Waals surface area contributed by atoms with Crippen molar-refractivity contribution in [2.24, 2.45) is 0 Å². The first-order valence-electron chi connectivity index (χ1n) is 3.05. The van der Waals surface area contributed by atoms with Crippen LogP contribution in [-0.4, -0.2) is 18.9 Å². The summed E-state index contributed by atoms with van der Waals surface area (Å²) in [5.74, 6) is -1.13. The lowest BCUT2D eigenvalue weighted by Gasteiger charge is -2.17. The third-order valence-electron chi connectivity index (χ3n) is 1.50. The molecule has 56 valence electrons. The van der Waals surface area contributed by atoms with Crippen molar-refractivity contribution in [1.29, 1.82) is 0 Å². The van der Waals surface area contributed by atoms with Crippen molar-refractivity contribution in [3.8, 4) is 0 Å². The Labute approximate surface area is 59.6 Å². The predicted octanol–water partition coefficient (Wildman–Crippen LogP) is 0.852. The Morgan fingerprint density at radius 2 is 2.30 bits per heavy atom. The number of carbonyl (C=O) groups excluding carboxylic acids is 1. The predicted molar refractivity (Wildman–Crippen MR) is 35.3 cm³/mol. The lowest BCUT2D eigenvalue weighted by Crippen LogP contribution is -2.25. The first-order valence-corrected chi connectivity index (χ1v) is 3.05. The zero-order chi connectivity index (χ0) is 7.78. The van der Waals surface area contributed by atoms with Crippen LogP contribution in [0.5, 0.6) is 0 Å². The SMILES string of the molecule is CO[C@@]1(C)C=C(C)C(=O)O1. The average Bonchev–Trinajstić information content (AvgIpc) is 2.10. The van der Waals surface area contributed by atoms with Gasteiger partial charge in [0.15, 0.2) is 0 Å². The molecule has 10 heavy (non-hydrogen) atoms. The van der Waals surface area contributed by atoms with E-state index in [4.69, 9.17) is 9.47 Å². The summed E-state index contributed by atoms with van der Waals surface area (Å²) in [6.45, 7) is 3.40. The number of cyclic esters (lactones) is 1. The van der Waals surface area contributed by atoms with Gasteiger partial charge in [-0.2, -0.15) is 0 Å². The molecule has 1 rings (SSSR count). The Balaban J connectivity index is 2.82. The van der Waals surface area contributed by atoms with E-state index in [1.54, 1.807) is 19.9 Å². The molecular formula is C7H10O3. The van der Waals surface area contributed by atoms with Crippen molar-refractivity contribution in [2.75, 3.05) is 7.11 Å². The average molecular weight is 142 g/mol. The highest BCUT2D eigenvalue weighted by molar-refractivity contribution is 5.90. The summed E-state index contributed by atoms with van der Waals surface area (Å²) in [5.41, 5.74) is 0.601. The summed E-state index contributed by atoms with van der Waals surface area (Å²) >= 11 is 0. The van der Waals surface area contributed by atoms with Gasteiger partial charge in [0, 0.05) is 19.6 Å². The molecular weight excluding hydrogens is 132 g/mol. The molecule has 1 aliphatic heterocycles. The Morgan fingerprint density at radius 3 is 2.50 bits per heavy atom. The van der Waals surface area contributed by atoms with Crippen molar-refractivity contribution in [1.82, 2.24) is 0 Å². The van der Waals surface area contributed by atoms with Gasteiger partial charge in [-0.25, -0.2) is 4.79 Å². The van der Waals surface area contributed by atoms with Crippen LogP contribution in [0.1, 0.15) is 13.8 Å². The van der Waals surface area contributed by atoms with E-state index in [2.05, 4.69) is 0 Å². The Kier molecular flexibility index (Phi) is 1.52. The second kappa shape index (κ2) is 2.09. The zero-order valence-corrected chi connectivity index (χ0v) is 6.30. The highest BCUT2D eigenvalue weighted by Gasteiger charge is 2.33. The topological polar surface area (TPSA) is 35.5 Å². The summed E-state index contributed by atoms with van der Waals surface area (Å²) in [6.07, 6.45) is 1.66. The minimum absolute atomic E-state index is 0.302. The number of ether oxygens (including phenoxy) is 2. The third kappa shape index (κ3) is 1.04. The van der Waals surface area contributed by atoms with Crippen LogP contribution in [0.4, 0.5) is 0 Å². The monoisotopic (exact) mass is 142 g/mol. The van der Waals surface area contributed by atoms with Gasteiger partial charge < -0.3 is 9.47 Å². The lowest BCUT2D eigenvalue weighted by atomic mass is 10.2. The van der Waals surface area contributed by atoms with Gasteiger partial charge in [-0.3, -0.25) is 0 Å². The van der Waals surface area contributed by atoms with E-state index in [0.29, 0.717) is 5.57 Å². The van der Waals surface area contributed by atoms with Gasteiger partial charge >= 0.3 is 5.97 Å².